The van der Waals surface area contributed by atoms with Crippen molar-refractivity contribution in [1.29, 1.82) is 0 Å². The second kappa shape index (κ2) is 6.30. The molecule has 0 saturated heterocycles. The third kappa shape index (κ3) is 2.86. The van der Waals surface area contributed by atoms with Crippen molar-refractivity contribution in [2.75, 3.05) is 14.2 Å². The smallest absolute Gasteiger partial charge is 0.169 e. The fourth-order valence-corrected chi connectivity index (χ4v) is 2.02. The highest BCUT2D eigenvalue weighted by atomic mass is 16.5. The van der Waals surface area contributed by atoms with Crippen molar-refractivity contribution in [3.05, 3.63) is 48.0 Å². The van der Waals surface area contributed by atoms with Crippen molar-refractivity contribution < 1.29 is 19.3 Å². The Bertz CT molecular complexity index is 578. The van der Waals surface area contributed by atoms with Gasteiger partial charge in [0.2, 0.25) is 0 Å². The molecule has 0 aliphatic heterocycles. The predicted molar refractivity (Wildman–Crippen MR) is 76.7 cm³/mol. The Hall–Kier alpha value is -2.20. The van der Waals surface area contributed by atoms with Gasteiger partial charge >= 0.3 is 0 Å². The Labute approximate surface area is 118 Å². The maximum Gasteiger partial charge on any atom is 0.169 e. The number of ether oxygens (including phenoxy) is 3. The van der Waals surface area contributed by atoms with Crippen molar-refractivity contribution in [2.24, 2.45) is 0 Å². The van der Waals surface area contributed by atoms with Gasteiger partial charge in [-0.15, -0.1) is 0 Å². The molecule has 0 bridgehead atoms. The second-order valence-electron chi connectivity index (χ2n) is 4.30. The fraction of sp³-hybridized carbons (Fsp3) is 0.250. The molecule has 106 valence electrons. The summed E-state index contributed by atoms with van der Waals surface area (Å²) in [5, 5.41) is 9.93. The summed E-state index contributed by atoms with van der Waals surface area (Å²) >= 11 is 0. The van der Waals surface area contributed by atoms with E-state index in [1.807, 2.05) is 30.3 Å². The first kappa shape index (κ1) is 14.2. The lowest BCUT2D eigenvalue weighted by atomic mass is 10.1. The highest BCUT2D eigenvalue weighted by Gasteiger charge is 2.16. The SMILES string of the molecule is COc1ccccc1Oc1cccc(OC)c1[C@@H](C)O. The number of hydrogen-bond acceptors (Lipinski definition) is 4. The van der Waals surface area contributed by atoms with E-state index in [0.717, 1.165) is 0 Å². The molecule has 1 N–H and O–H groups in total. The van der Waals surface area contributed by atoms with Crippen molar-refractivity contribution in [2.45, 2.75) is 13.0 Å². The zero-order valence-electron chi connectivity index (χ0n) is 11.8. The quantitative estimate of drug-likeness (QED) is 0.905. The van der Waals surface area contributed by atoms with Crippen LogP contribution in [0.25, 0.3) is 0 Å². The van der Waals surface area contributed by atoms with E-state index in [-0.39, 0.29) is 0 Å². The van der Waals surface area contributed by atoms with Crippen molar-refractivity contribution in [3.8, 4) is 23.0 Å². The average Bonchev–Trinajstić information content (AvgIpc) is 2.47. The Morgan fingerprint density at radius 2 is 1.35 bits per heavy atom. The first-order valence-corrected chi connectivity index (χ1v) is 6.33. The standard InChI is InChI=1S/C16H18O4/c1-11(17)16-14(19-3)9-6-10-15(16)20-13-8-5-4-7-12(13)18-2/h4-11,17H,1-3H3/t11-/m1/s1. The molecule has 4 heteroatoms. The summed E-state index contributed by atoms with van der Waals surface area (Å²) in [5.41, 5.74) is 0.612. The lowest BCUT2D eigenvalue weighted by Gasteiger charge is -2.17. The topological polar surface area (TPSA) is 47.9 Å². The van der Waals surface area contributed by atoms with Crippen LogP contribution in [0.2, 0.25) is 0 Å². The van der Waals surface area contributed by atoms with Crippen molar-refractivity contribution >= 4 is 0 Å². The number of aliphatic hydroxyl groups excluding tert-OH is 1. The monoisotopic (exact) mass is 274 g/mol. The van der Waals surface area contributed by atoms with E-state index in [2.05, 4.69) is 0 Å². The molecule has 0 unspecified atom stereocenters. The maximum atomic E-state index is 9.93. The summed E-state index contributed by atoms with van der Waals surface area (Å²) in [4.78, 5) is 0. The molecule has 4 nitrogen and oxygen atoms in total. The van der Waals surface area contributed by atoms with E-state index in [1.54, 1.807) is 33.3 Å². The van der Waals surface area contributed by atoms with Gasteiger partial charge in [0, 0.05) is 0 Å². The first-order chi connectivity index (χ1) is 9.67. The van der Waals surface area contributed by atoms with Crippen molar-refractivity contribution in [1.82, 2.24) is 0 Å². The molecule has 0 saturated carbocycles. The van der Waals surface area contributed by atoms with Crippen LogP contribution in [0.15, 0.2) is 42.5 Å². The predicted octanol–water partition coefficient (Wildman–Crippen LogP) is 3.55. The molecule has 0 fully saturated rings. The molecule has 20 heavy (non-hydrogen) atoms. The molecule has 0 spiro atoms. The van der Waals surface area contributed by atoms with Gasteiger partial charge in [0.25, 0.3) is 0 Å². The minimum Gasteiger partial charge on any atom is -0.496 e. The number of methoxy groups -OCH3 is 2. The average molecular weight is 274 g/mol. The van der Waals surface area contributed by atoms with E-state index in [0.29, 0.717) is 28.6 Å². The summed E-state index contributed by atoms with van der Waals surface area (Å²) in [6, 6.07) is 12.7. The number of para-hydroxylation sites is 2. The Morgan fingerprint density at radius 3 is 1.95 bits per heavy atom. The molecule has 0 aliphatic rings. The summed E-state index contributed by atoms with van der Waals surface area (Å²) in [5.74, 6) is 2.35. The second-order valence-corrected chi connectivity index (χ2v) is 4.30. The van der Waals surface area contributed by atoms with Crippen molar-refractivity contribution in [3.63, 3.8) is 0 Å². The molecule has 2 aromatic carbocycles. The van der Waals surface area contributed by atoms with Gasteiger partial charge in [-0.25, -0.2) is 0 Å². The molecule has 0 aliphatic carbocycles. The van der Waals surface area contributed by atoms with Crippen LogP contribution < -0.4 is 14.2 Å². The minimum atomic E-state index is -0.698. The Kier molecular flexibility index (Phi) is 4.48. The highest BCUT2D eigenvalue weighted by Crippen LogP contribution is 2.38. The lowest BCUT2D eigenvalue weighted by molar-refractivity contribution is 0.190. The van der Waals surface area contributed by atoms with Gasteiger partial charge < -0.3 is 19.3 Å². The first-order valence-electron chi connectivity index (χ1n) is 6.33. The molecular formula is C16H18O4. The molecule has 0 radical (unpaired) electrons. The van der Waals surface area contributed by atoms with Gasteiger partial charge in [-0.05, 0) is 31.2 Å². The van der Waals surface area contributed by atoms with Crippen LogP contribution in [0.3, 0.4) is 0 Å². The van der Waals surface area contributed by atoms with Gasteiger partial charge in [0.05, 0.1) is 25.9 Å². The van der Waals surface area contributed by atoms with E-state index in [9.17, 15) is 5.11 Å². The van der Waals surface area contributed by atoms with Crippen LogP contribution in [0, 0.1) is 0 Å². The van der Waals surface area contributed by atoms with Gasteiger partial charge in [-0.2, -0.15) is 0 Å². The van der Waals surface area contributed by atoms with Crippen LogP contribution in [-0.2, 0) is 0 Å². The Morgan fingerprint density at radius 1 is 0.800 bits per heavy atom. The van der Waals surface area contributed by atoms with Crippen LogP contribution in [0.4, 0.5) is 0 Å². The molecule has 0 amide bonds. The number of aliphatic hydroxyl groups is 1. The fourth-order valence-electron chi connectivity index (χ4n) is 2.02. The van der Waals surface area contributed by atoms with E-state index in [4.69, 9.17) is 14.2 Å². The number of hydrogen-bond donors (Lipinski definition) is 1. The normalized spacial score (nSPS) is 11.8. The van der Waals surface area contributed by atoms with Crippen LogP contribution in [-0.4, -0.2) is 19.3 Å². The maximum absolute atomic E-state index is 9.93. The summed E-state index contributed by atoms with van der Waals surface area (Å²) < 4.78 is 16.4. The van der Waals surface area contributed by atoms with Crippen LogP contribution >= 0.6 is 0 Å². The highest BCUT2D eigenvalue weighted by molar-refractivity contribution is 5.50. The molecule has 2 aromatic rings. The summed E-state index contributed by atoms with van der Waals surface area (Å²) in [7, 11) is 3.15. The zero-order chi connectivity index (χ0) is 14.5. The third-order valence-corrected chi connectivity index (χ3v) is 2.95. The molecule has 0 aromatic heterocycles. The summed E-state index contributed by atoms with van der Waals surface area (Å²) in [6.45, 7) is 1.67. The van der Waals surface area contributed by atoms with E-state index in [1.165, 1.54) is 0 Å². The largest absolute Gasteiger partial charge is 0.496 e. The molecular weight excluding hydrogens is 256 g/mol. The lowest BCUT2D eigenvalue weighted by Crippen LogP contribution is -2.00. The van der Waals surface area contributed by atoms with Crippen LogP contribution in [0.1, 0.15) is 18.6 Å². The third-order valence-electron chi connectivity index (χ3n) is 2.95. The zero-order valence-corrected chi connectivity index (χ0v) is 11.8. The molecule has 0 heterocycles. The summed E-state index contributed by atoms with van der Waals surface area (Å²) in [6.07, 6.45) is -0.698. The Balaban J connectivity index is 2.43. The van der Waals surface area contributed by atoms with Gasteiger partial charge in [-0.3, -0.25) is 0 Å². The molecule has 1 atom stereocenters. The van der Waals surface area contributed by atoms with Gasteiger partial charge in [-0.1, -0.05) is 18.2 Å². The van der Waals surface area contributed by atoms with Crippen LogP contribution in [0.5, 0.6) is 23.0 Å². The minimum absolute atomic E-state index is 0.545. The number of benzene rings is 2. The number of rotatable bonds is 5. The van der Waals surface area contributed by atoms with E-state index < -0.39 is 6.10 Å². The van der Waals surface area contributed by atoms with Gasteiger partial charge in [0.1, 0.15) is 11.5 Å². The molecule has 2 rings (SSSR count). The van der Waals surface area contributed by atoms with Gasteiger partial charge in [0.15, 0.2) is 11.5 Å². The van der Waals surface area contributed by atoms with E-state index >= 15 is 0 Å².